The fourth-order valence-electron chi connectivity index (χ4n) is 2.55. The Morgan fingerprint density at radius 1 is 1.16 bits per heavy atom. The number of halogens is 1. The molecule has 1 atom stereocenters. The molecular formula is C15H25FN2O. The zero-order valence-corrected chi connectivity index (χ0v) is 12.9. The van der Waals surface area contributed by atoms with Gasteiger partial charge in [-0.3, -0.25) is 4.68 Å². The van der Waals surface area contributed by atoms with Gasteiger partial charge < -0.3 is 4.74 Å². The second-order valence-electron chi connectivity index (χ2n) is 7.47. The van der Waals surface area contributed by atoms with Gasteiger partial charge >= 0.3 is 0 Å². The molecule has 1 aliphatic heterocycles. The van der Waals surface area contributed by atoms with Gasteiger partial charge in [-0.05, 0) is 6.42 Å². The Morgan fingerprint density at radius 2 is 1.79 bits per heavy atom. The Bertz CT molecular complexity index is 460. The zero-order valence-electron chi connectivity index (χ0n) is 12.9. The molecule has 0 aliphatic carbocycles. The van der Waals surface area contributed by atoms with Crippen molar-refractivity contribution in [2.75, 3.05) is 13.2 Å². The van der Waals surface area contributed by atoms with Crippen molar-refractivity contribution in [2.45, 2.75) is 64.8 Å². The van der Waals surface area contributed by atoms with E-state index in [1.165, 1.54) is 0 Å². The number of hydrogen-bond donors (Lipinski definition) is 0. The number of aromatic nitrogens is 2. The summed E-state index contributed by atoms with van der Waals surface area (Å²) in [4.78, 5) is 0. The van der Waals surface area contributed by atoms with Gasteiger partial charge in [0.05, 0.1) is 18.3 Å². The highest BCUT2D eigenvalue weighted by molar-refractivity contribution is 5.26. The van der Waals surface area contributed by atoms with E-state index in [1.54, 1.807) is 0 Å². The lowest BCUT2D eigenvalue weighted by atomic mass is 9.87. The maximum Gasteiger partial charge on any atom is 0.168 e. The maximum atomic E-state index is 14.8. The first-order chi connectivity index (χ1) is 8.62. The van der Waals surface area contributed by atoms with Crippen molar-refractivity contribution in [1.82, 2.24) is 9.78 Å². The van der Waals surface area contributed by atoms with Crippen LogP contribution in [0.4, 0.5) is 4.39 Å². The predicted molar refractivity (Wildman–Crippen MR) is 74.1 cm³/mol. The van der Waals surface area contributed by atoms with Gasteiger partial charge in [-0.1, -0.05) is 41.5 Å². The molecule has 3 nitrogen and oxygen atoms in total. The fraction of sp³-hybridized carbons (Fsp3) is 0.800. The third-order valence-corrected chi connectivity index (χ3v) is 3.52. The van der Waals surface area contributed by atoms with E-state index in [0.717, 1.165) is 13.0 Å². The Balaban J connectivity index is 2.58. The van der Waals surface area contributed by atoms with Crippen LogP contribution in [-0.2, 0) is 15.6 Å². The first-order valence-electron chi connectivity index (χ1n) is 6.99. The monoisotopic (exact) mass is 268 g/mol. The molecule has 0 saturated carbocycles. The molecule has 1 fully saturated rings. The van der Waals surface area contributed by atoms with Crippen molar-refractivity contribution in [3.63, 3.8) is 0 Å². The number of hydrogen-bond acceptors (Lipinski definition) is 2. The molecule has 2 heterocycles. The molecule has 1 aromatic heterocycles. The van der Waals surface area contributed by atoms with Crippen LogP contribution >= 0.6 is 0 Å². The van der Waals surface area contributed by atoms with Crippen molar-refractivity contribution in [1.29, 1.82) is 0 Å². The largest absolute Gasteiger partial charge is 0.379 e. The van der Waals surface area contributed by atoms with Crippen molar-refractivity contribution in [2.24, 2.45) is 0 Å². The van der Waals surface area contributed by atoms with E-state index >= 15 is 0 Å². The number of nitrogens with zero attached hydrogens (tertiary/aromatic N) is 2. The quantitative estimate of drug-likeness (QED) is 0.778. The molecular weight excluding hydrogens is 243 g/mol. The van der Waals surface area contributed by atoms with Gasteiger partial charge in [0.2, 0.25) is 0 Å². The molecule has 0 amide bonds. The predicted octanol–water partition coefficient (Wildman–Crippen LogP) is 3.58. The summed E-state index contributed by atoms with van der Waals surface area (Å²) in [5.41, 5.74) is 0.718. The summed E-state index contributed by atoms with van der Waals surface area (Å²) in [5, 5.41) is 4.59. The Hall–Kier alpha value is -0.900. The van der Waals surface area contributed by atoms with Crippen LogP contribution in [-0.4, -0.2) is 23.0 Å². The normalized spacial score (nSPS) is 21.1. The summed E-state index contributed by atoms with van der Waals surface area (Å²) in [6.07, 6.45) is 0.910. The van der Waals surface area contributed by atoms with E-state index in [1.807, 2.05) is 46.2 Å². The molecule has 0 bridgehead atoms. The first-order valence-corrected chi connectivity index (χ1v) is 6.99. The number of rotatable bonds is 1. The maximum absolute atomic E-state index is 14.8. The average molecular weight is 268 g/mol. The van der Waals surface area contributed by atoms with E-state index in [4.69, 9.17) is 4.74 Å². The molecule has 19 heavy (non-hydrogen) atoms. The summed E-state index contributed by atoms with van der Waals surface area (Å²) in [5.74, 6) is -0.146. The second kappa shape index (κ2) is 4.58. The highest BCUT2D eigenvalue weighted by Crippen LogP contribution is 2.35. The minimum absolute atomic E-state index is 0.146. The summed E-state index contributed by atoms with van der Waals surface area (Å²) in [6.45, 7) is 13.5. The molecule has 1 saturated heterocycles. The van der Waals surface area contributed by atoms with Crippen molar-refractivity contribution in [3.8, 4) is 0 Å². The van der Waals surface area contributed by atoms with Crippen LogP contribution in [0.15, 0.2) is 0 Å². The van der Waals surface area contributed by atoms with Gasteiger partial charge in [0.1, 0.15) is 5.69 Å². The van der Waals surface area contributed by atoms with Crippen molar-refractivity contribution < 1.29 is 9.13 Å². The molecule has 1 aromatic rings. The third-order valence-electron chi connectivity index (χ3n) is 3.52. The zero-order chi connectivity index (χ0) is 14.4. The first kappa shape index (κ1) is 14.5. The number of ether oxygens (including phenoxy) is 1. The standard InChI is InChI=1S/C15H25FN2O/c1-14(2,3)12-11(16)13(15(4,5)6)18(17-12)10-7-8-19-9-10/h10H,7-9H2,1-6H3. The van der Waals surface area contributed by atoms with Crippen LogP contribution in [0.2, 0.25) is 0 Å². The topological polar surface area (TPSA) is 27.1 Å². The molecule has 108 valence electrons. The molecule has 1 unspecified atom stereocenters. The van der Waals surface area contributed by atoms with Crippen LogP contribution in [0, 0.1) is 5.82 Å². The summed E-state index contributed by atoms with van der Waals surface area (Å²) in [6, 6.07) is 0.167. The molecule has 0 radical (unpaired) electrons. The molecule has 4 heteroatoms. The van der Waals surface area contributed by atoms with Gasteiger partial charge in [-0.2, -0.15) is 5.10 Å². The fourth-order valence-corrected chi connectivity index (χ4v) is 2.55. The van der Waals surface area contributed by atoms with E-state index in [-0.39, 0.29) is 22.7 Å². The Labute approximate surface area is 115 Å². The smallest absolute Gasteiger partial charge is 0.168 e. The van der Waals surface area contributed by atoms with Crippen LogP contribution < -0.4 is 0 Å². The molecule has 1 aliphatic rings. The summed E-state index contributed by atoms with van der Waals surface area (Å²) < 4.78 is 22.1. The van der Waals surface area contributed by atoms with Crippen molar-refractivity contribution >= 4 is 0 Å². The van der Waals surface area contributed by atoms with Gasteiger partial charge in [-0.25, -0.2) is 4.39 Å². The minimum Gasteiger partial charge on any atom is -0.379 e. The highest BCUT2D eigenvalue weighted by Gasteiger charge is 2.35. The average Bonchev–Trinajstić information content (AvgIpc) is 2.79. The molecule has 0 N–H and O–H groups in total. The molecule has 0 spiro atoms. The van der Waals surface area contributed by atoms with Crippen LogP contribution in [0.25, 0.3) is 0 Å². The second-order valence-corrected chi connectivity index (χ2v) is 7.47. The van der Waals surface area contributed by atoms with E-state index in [0.29, 0.717) is 18.0 Å². The van der Waals surface area contributed by atoms with Crippen LogP contribution in [0.1, 0.15) is 65.4 Å². The lowest BCUT2D eigenvalue weighted by Crippen LogP contribution is -2.23. The van der Waals surface area contributed by atoms with Crippen LogP contribution in [0.5, 0.6) is 0 Å². The SMILES string of the molecule is CC(C)(C)c1nn(C2CCOC2)c(C(C)(C)C)c1F. The van der Waals surface area contributed by atoms with E-state index < -0.39 is 0 Å². The lowest BCUT2D eigenvalue weighted by molar-refractivity contribution is 0.183. The van der Waals surface area contributed by atoms with E-state index in [9.17, 15) is 4.39 Å². The molecule has 0 aromatic carbocycles. The lowest BCUT2D eigenvalue weighted by Gasteiger charge is -2.23. The minimum atomic E-state index is -0.283. The Morgan fingerprint density at radius 3 is 2.21 bits per heavy atom. The van der Waals surface area contributed by atoms with Crippen LogP contribution in [0.3, 0.4) is 0 Å². The Kier molecular flexibility index (Phi) is 3.50. The summed E-state index contributed by atoms with van der Waals surface area (Å²) >= 11 is 0. The van der Waals surface area contributed by atoms with Gasteiger partial charge in [0.25, 0.3) is 0 Å². The van der Waals surface area contributed by atoms with Gasteiger partial charge in [-0.15, -0.1) is 0 Å². The summed E-state index contributed by atoms with van der Waals surface area (Å²) in [7, 11) is 0. The van der Waals surface area contributed by atoms with Gasteiger partial charge in [0, 0.05) is 17.4 Å². The van der Waals surface area contributed by atoms with E-state index in [2.05, 4.69) is 5.10 Å². The highest BCUT2D eigenvalue weighted by atomic mass is 19.1. The molecule has 2 rings (SSSR count). The van der Waals surface area contributed by atoms with Crippen molar-refractivity contribution in [3.05, 3.63) is 17.2 Å². The van der Waals surface area contributed by atoms with Gasteiger partial charge in [0.15, 0.2) is 5.82 Å². The third kappa shape index (κ3) is 2.69.